The first-order valence-electron chi connectivity index (χ1n) is 8.10. The second kappa shape index (κ2) is 4.32. The van der Waals surface area contributed by atoms with Crippen molar-refractivity contribution in [2.75, 3.05) is 14.2 Å². The van der Waals surface area contributed by atoms with Crippen LogP contribution in [-0.4, -0.2) is 47.1 Å². The summed E-state index contributed by atoms with van der Waals surface area (Å²) >= 11 is 0. The second-order valence-corrected chi connectivity index (χ2v) is 6.76. The maximum absolute atomic E-state index is 13.1. The van der Waals surface area contributed by atoms with Gasteiger partial charge in [0.05, 0.1) is 26.1 Å². The van der Waals surface area contributed by atoms with Crippen molar-refractivity contribution in [2.45, 2.75) is 10.8 Å². The third-order valence-electron chi connectivity index (χ3n) is 6.22. The summed E-state index contributed by atoms with van der Waals surface area (Å²) in [5.41, 5.74) is -2.54. The lowest BCUT2D eigenvalue weighted by Crippen LogP contribution is -2.76. The van der Waals surface area contributed by atoms with Crippen LogP contribution in [0.3, 0.4) is 0 Å². The number of esters is 2. The molecular weight excluding hydrogens is 340 g/mol. The Labute approximate surface area is 147 Å². The van der Waals surface area contributed by atoms with Crippen LogP contribution in [0.5, 0.6) is 0 Å². The summed E-state index contributed by atoms with van der Waals surface area (Å²) < 4.78 is 12.8. The highest BCUT2D eigenvalue weighted by atomic mass is 16.5. The number of nitrogens with zero attached hydrogens (tertiary/aromatic N) is 2. The zero-order valence-electron chi connectivity index (χ0n) is 14.0. The summed E-state index contributed by atoms with van der Waals surface area (Å²) in [7, 11) is 2.41. The number of fused-ring (bicyclic) bond motifs is 8. The molecule has 0 N–H and O–H groups in total. The molecule has 4 heterocycles. The van der Waals surface area contributed by atoms with Crippen molar-refractivity contribution in [3.05, 3.63) is 48.0 Å². The number of ether oxygens (including phenoxy) is 2. The van der Waals surface area contributed by atoms with Crippen molar-refractivity contribution < 1.29 is 28.7 Å². The fourth-order valence-corrected chi connectivity index (χ4v) is 5.47. The van der Waals surface area contributed by atoms with Crippen LogP contribution in [0.1, 0.15) is 21.0 Å². The lowest BCUT2D eigenvalue weighted by molar-refractivity contribution is -0.182. The lowest BCUT2D eigenvalue weighted by atomic mass is 9.37. The van der Waals surface area contributed by atoms with Gasteiger partial charge in [0.1, 0.15) is 10.8 Å². The first-order valence-corrected chi connectivity index (χ1v) is 8.10. The van der Waals surface area contributed by atoms with Crippen LogP contribution in [0.2, 0.25) is 0 Å². The van der Waals surface area contributed by atoms with Gasteiger partial charge in [0.15, 0.2) is 0 Å². The standard InChI is InChI=1S/C18H14N2O6/c1-25-15(23)17-9-5-3-7-19(9)13(21)11(17)12-14(22)20-8-4-6-10(20)18(12,17)16(24)26-2/h3-8,11-12H,1-2H3/t11?,12?,17-,18+. The second-order valence-electron chi connectivity index (χ2n) is 6.76. The quantitative estimate of drug-likeness (QED) is 0.723. The summed E-state index contributed by atoms with van der Waals surface area (Å²) in [6.45, 7) is 0. The van der Waals surface area contributed by atoms with Gasteiger partial charge in [0.25, 0.3) is 0 Å². The van der Waals surface area contributed by atoms with Crippen molar-refractivity contribution in [2.24, 2.45) is 11.8 Å². The van der Waals surface area contributed by atoms with Crippen molar-refractivity contribution in [1.82, 2.24) is 9.13 Å². The highest BCUT2D eigenvalue weighted by molar-refractivity contribution is 6.16. The van der Waals surface area contributed by atoms with Crippen LogP contribution >= 0.6 is 0 Å². The minimum atomic E-state index is -1.62. The molecule has 26 heavy (non-hydrogen) atoms. The van der Waals surface area contributed by atoms with Crippen molar-refractivity contribution >= 4 is 23.8 Å². The molecule has 0 spiro atoms. The topological polar surface area (TPSA) is 96.6 Å². The Kier molecular flexibility index (Phi) is 2.51. The van der Waals surface area contributed by atoms with Crippen LogP contribution in [0.15, 0.2) is 36.7 Å². The van der Waals surface area contributed by atoms with Gasteiger partial charge in [0, 0.05) is 23.8 Å². The van der Waals surface area contributed by atoms with Crippen molar-refractivity contribution in [3.8, 4) is 0 Å². The van der Waals surface area contributed by atoms with Gasteiger partial charge in [-0.1, -0.05) is 0 Å². The number of carbonyl (C=O) groups is 4. The lowest BCUT2D eigenvalue weighted by Gasteiger charge is -2.56. The molecule has 2 aliphatic heterocycles. The summed E-state index contributed by atoms with van der Waals surface area (Å²) in [6.07, 6.45) is 3.07. The molecule has 0 aromatic carbocycles. The smallest absolute Gasteiger partial charge is 0.320 e. The molecule has 0 bridgehead atoms. The van der Waals surface area contributed by atoms with E-state index in [0.717, 1.165) is 0 Å². The molecule has 4 atom stereocenters. The summed E-state index contributed by atoms with van der Waals surface area (Å²) in [4.78, 5) is 52.2. The Morgan fingerprint density at radius 1 is 0.846 bits per heavy atom. The van der Waals surface area contributed by atoms with E-state index in [1.807, 2.05) is 0 Å². The minimum Gasteiger partial charge on any atom is -0.468 e. The predicted molar refractivity (Wildman–Crippen MR) is 84.5 cm³/mol. The van der Waals surface area contributed by atoms with E-state index in [0.29, 0.717) is 11.4 Å². The van der Waals surface area contributed by atoms with Gasteiger partial charge in [0.2, 0.25) is 11.8 Å². The SMILES string of the molecule is COC(=O)[C@]12c3cccn3C(=O)C1C1C(=O)n3cccc3[C@]12C(=O)OC. The van der Waals surface area contributed by atoms with E-state index in [2.05, 4.69) is 0 Å². The number of hydrogen-bond acceptors (Lipinski definition) is 6. The molecular formula is C18H14N2O6. The number of hydrogen-bond donors (Lipinski definition) is 0. The molecule has 5 rings (SSSR count). The number of carbonyl (C=O) groups excluding carboxylic acids is 4. The summed E-state index contributed by atoms with van der Waals surface area (Å²) in [5, 5.41) is 0. The first kappa shape index (κ1) is 15.1. The number of aromatic nitrogens is 2. The number of rotatable bonds is 2. The zero-order chi connectivity index (χ0) is 18.4. The molecule has 132 valence electrons. The Morgan fingerprint density at radius 3 is 1.58 bits per heavy atom. The summed E-state index contributed by atoms with van der Waals surface area (Å²) in [6, 6.07) is 6.49. The van der Waals surface area contributed by atoms with Gasteiger partial charge in [-0.05, 0) is 24.3 Å². The third-order valence-corrected chi connectivity index (χ3v) is 6.22. The molecule has 3 aliphatic rings. The van der Waals surface area contributed by atoms with Crippen LogP contribution in [0, 0.1) is 11.8 Å². The van der Waals surface area contributed by atoms with Gasteiger partial charge in [-0.15, -0.1) is 0 Å². The highest BCUT2D eigenvalue weighted by Crippen LogP contribution is 2.72. The maximum atomic E-state index is 13.1. The van der Waals surface area contributed by atoms with Crippen LogP contribution in [0.4, 0.5) is 0 Å². The molecule has 0 radical (unpaired) electrons. The van der Waals surface area contributed by atoms with E-state index in [-0.39, 0.29) is 11.8 Å². The largest absolute Gasteiger partial charge is 0.468 e. The molecule has 8 heteroatoms. The normalized spacial score (nSPS) is 33.0. The van der Waals surface area contributed by atoms with E-state index in [4.69, 9.17) is 9.47 Å². The Balaban J connectivity index is 1.93. The molecule has 2 unspecified atom stereocenters. The van der Waals surface area contributed by atoms with Gasteiger partial charge in [-0.25, -0.2) is 0 Å². The van der Waals surface area contributed by atoms with E-state index in [1.54, 1.807) is 24.3 Å². The van der Waals surface area contributed by atoms with Crippen molar-refractivity contribution in [3.63, 3.8) is 0 Å². The molecule has 8 nitrogen and oxygen atoms in total. The fourth-order valence-electron chi connectivity index (χ4n) is 5.47. The monoisotopic (exact) mass is 354 g/mol. The van der Waals surface area contributed by atoms with Crippen LogP contribution in [-0.2, 0) is 29.9 Å². The minimum absolute atomic E-state index is 0.350. The first-order chi connectivity index (χ1) is 12.5. The van der Waals surface area contributed by atoms with Crippen LogP contribution in [0.25, 0.3) is 0 Å². The highest BCUT2D eigenvalue weighted by Gasteiger charge is 2.90. The van der Waals surface area contributed by atoms with E-state index in [1.165, 1.54) is 35.7 Å². The Hall–Kier alpha value is -3.16. The van der Waals surface area contributed by atoms with E-state index >= 15 is 0 Å². The van der Waals surface area contributed by atoms with Gasteiger partial charge < -0.3 is 9.47 Å². The molecule has 0 amide bonds. The molecule has 2 aromatic heterocycles. The molecule has 2 aromatic rings. The third kappa shape index (κ3) is 1.11. The molecule has 1 fully saturated rings. The Bertz CT molecular complexity index is 950. The summed E-state index contributed by atoms with van der Waals surface area (Å²) in [5.74, 6) is -4.23. The fraction of sp³-hybridized carbons (Fsp3) is 0.333. The van der Waals surface area contributed by atoms with Crippen molar-refractivity contribution in [1.29, 1.82) is 0 Å². The molecule has 0 saturated heterocycles. The molecule has 1 aliphatic carbocycles. The predicted octanol–water partition coefficient (Wildman–Crippen LogP) is 0.365. The average Bonchev–Trinajstić information content (AvgIpc) is 3.35. The van der Waals surface area contributed by atoms with Gasteiger partial charge in [-0.2, -0.15) is 0 Å². The Morgan fingerprint density at radius 2 is 1.23 bits per heavy atom. The van der Waals surface area contributed by atoms with E-state index in [9.17, 15) is 19.2 Å². The number of methoxy groups -OCH3 is 2. The van der Waals surface area contributed by atoms with Gasteiger partial charge in [-0.3, -0.25) is 28.3 Å². The van der Waals surface area contributed by atoms with Crippen LogP contribution < -0.4 is 0 Å². The van der Waals surface area contributed by atoms with Gasteiger partial charge >= 0.3 is 11.9 Å². The molecule has 1 saturated carbocycles. The van der Waals surface area contributed by atoms with E-state index < -0.39 is 34.6 Å². The maximum Gasteiger partial charge on any atom is 0.320 e. The zero-order valence-corrected chi connectivity index (χ0v) is 14.0. The average molecular weight is 354 g/mol.